The van der Waals surface area contributed by atoms with Gasteiger partial charge in [-0.1, -0.05) is 12.1 Å². The summed E-state index contributed by atoms with van der Waals surface area (Å²) in [5.74, 6) is 1.29. The quantitative estimate of drug-likeness (QED) is 0.295. The minimum atomic E-state index is -3.72. The molecule has 0 atom stereocenters. The van der Waals surface area contributed by atoms with Crippen LogP contribution in [0.1, 0.15) is 31.7 Å². The highest BCUT2D eigenvalue weighted by atomic mass is 127. The van der Waals surface area contributed by atoms with E-state index in [1.165, 1.54) is 6.07 Å². The minimum Gasteiger partial charge on any atom is -0.359 e. The SMILES string of the molecule is CCNC(=NCc1cccc(S(N)(=O)=O)c1)N1CCC(CC(=O)NC)CC1.I. The van der Waals surface area contributed by atoms with E-state index in [-0.39, 0.29) is 34.8 Å². The van der Waals surface area contributed by atoms with E-state index >= 15 is 0 Å². The van der Waals surface area contributed by atoms with Crippen molar-refractivity contribution in [2.45, 2.75) is 37.6 Å². The summed E-state index contributed by atoms with van der Waals surface area (Å²) in [5, 5.41) is 11.2. The van der Waals surface area contributed by atoms with Gasteiger partial charge in [0.25, 0.3) is 0 Å². The number of hydrogen-bond donors (Lipinski definition) is 3. The highest BCUT2D eigenvalue weighted by molar-refractivity contribution is 14.0. The van der Waals surface area contributed by atoms with Crippen LogP contribution in [-0.4, -0.2) is 51.9 Å². The Kier molecular flexibility index (Phi) is 10.2. The molecule has 0 radical (unpaired) electrons. The molecular weight excluding hydrogens is 493 g/mol. The average molecular weight is 523 g/mol. The van der Waals surface area contributed by atoms with E-state index in [9.17, 15) is 13.2 Å². The molecule has 10 heteroatoms. The number of hydrogen-bond acceptors (Lipinski definition) is 4. The number of amides is 1. The van der Waals surface area contributed by atoms with Crippen LogP contribution in [0.2, 0.25) is 0 Å². The highest BCUT2D eigenvalue weighted by Crippen LogP contribution is 2.20. The number of primary sulfonamides is 1. The number of piperidine rings is 1. The second-order valence-electron chi connectivity index (χ2n) is 6.67. The number of likely N-dealkylation sites (tertiary alicyclic amines) is 1. The first kappa shape index (κ1) is 24.6. The molecule has 4 N–H and O–H groups in total. The van der Waals surface area contributed by atoms with Crippen molar-refractivity contribution in [1.29, 1.82) is 0 Å². The lowest BCUT2D eigenvalue weighted by Crippen LogP contribution is -2.46. The lowest BCUT2D eigenvalue weighted by Gasteiger charge is -2.34. The largest absolute Gasteiger partial charge is 0.359 e. The highest BCUT2D eigenvalue weighted by Gasteiger charge is 2.23. The number of carbonyl (C=O) groups is 1. The number of nitrogens with zero attached hydrogens (tertiary/aromatic N) is 2. The van der Waals surface area contributed by atoms with Gasteiger partial charge >= 0.3 is 0 Å². The maximum Gasteiger partial charge on any atom is 0.238 e. The molecule has 1 aromatic rings. The van der Waals surface area contributed by atoms with Crippen LogP contribution in [0.15, 0.2) is 34.2 Å². The van der Waals surface area contributed by atoms with E-state index < -0.39 is 10.0 Å². The van der Waals surface area contributed by atoms with Gasteiger partial charge in [-0.15, -0.1) is 24.0 Å². The Labute approximate surface area is 184 Å². The number of nitrogens with one attached hydrogen (secondary N) is 2. The molecule has 2 rings (SSSR count). The summed E-state index contributed by atoms with van der Waals surface area (Å²) in [6, 6.07) is 6.53. The molecule has 1 saturated heterocycles. The number of sulfonamides is 1. The zero-order chi connectivity index (χ0) is 19.9. The van der Waals surface area contributed by atoms with Crippen LogP contribution in [0.4, 0.5) is 0 Å². The molecule has 0 saturated carbocycles. The Morgan fingerprint density at radius 3 is 2.57 bits per heavy atom. The monoisotopic (exact) mass is 523 g/mol. The molecule has 0 aromatic heterocycles. The van der Waals surface area contributed by atoms with Crippen LogP contribution in [-0.2, 0) is 21.4 Å². The molecule has 28 heavy (non-hydrogen) atoms. The van der Waals surface area contributed by atoms with Gasteiger partial charge in [0.1, 0.15) is 0 Å². The van der Waals surface area contributed by atoms with Crippen LogP contribution in [0.25, 0.3) is 0 Å². The van der Waals surface area contributed by atoms with Gasteiger partial charge in [0, 0.05) is 33.1 Å². The molecule has 0 aliphatic carbocycles. The Bertz CT molecular complexity index is 777. The first-order valence-electron chi connectivity index (χ1n) is 9.19. The summed E-state index contributed by atoms with van der Waals surface area (Å²) in [6.07, 6.45) is 2.45. The molecule has 0 bridgehead atoms. The number of benzene rings is 1. The third kappa shape index (κ3) is 7.55. The zero-order valence-corrected chi connectivity index (χ0v) is 19.5. The van der Waals surface area contributed by atoms with Gasteiger partial charge in [0.15, 0.2) is 5.96 Å². The summed E-state index contributed by atoms with van der Waals surface area (Å²) in [5.41, 5.74) is 0.784. The molecule has 0 unspecified atom stereocenters. The summed E-state index contributed by atoms with van der Waals surface area (Å²) in [7, 11) is -2.06. The maximum absolute atomic E-state index is 11.5. The number of aliphatic imine (C=N–C) groups is 1. The van der Waals surface area contributed by atoms with Crippen molar-refractivity contribution in [2.75, 3.05) is 26.7 Å². The smallest absolute Gasteiger partial charge is 0.238 e. The standard InChI is InChI=1S/C18H29N5O3S.HI/c1-3-21-18(23-9-7-14(8-10-23)12-17(24)20-2)22-13-15-5-4-6-16(11-15)27(19,25)26;/h4-6,11,14H,3,7-10,12-13H2,1-2H3,(H,20,24)(H,21,22)(H2,19,25,26);1H. The fourth-order valence-electron chi connectivity index (χ4n) is 3.13. The summed E-state index contributed by atoms with van der Waals surface area (Å²) < 4.78 is 23.0. The van der Waals surface area contributed by atoms with Crippen molar-refractivity contribution in [3.63, 3.8) is 0 Å². The second-order valence-corrected chi connectivity index (χ2v) is 8.23. The lowest BCUT2D eigenvalue weighted by atomic mass is 9.93. The Morgan fingerprint density at radius 2 is 2.00 bits per heavy atom. The van der Waals surface area contributed by atoms with E-state index in [4.69, 9.17) is 5.14 Å². The summed E-state index contributed by atoms with van der Waals surface area (Å²) in [6.45, 7) is 4.79. The Hall–Kier alpha value is -1.40. The zero-order valence-electron chi connectivity index (χ0n) is 16.3. The van der Waals surface area contributed by atoms with Crippen molar-refractivity contribution >= 4 is 45.9 Å². The first-order valence-corrected chi connectivity index (χ1v) is 10.7. The second kappa shape index (κ2) is 11.6. The van der Waals surface area contributed by atoms with Crippen molar-refractivity contribution < 1.29 is 13.2 Å². The summed E-state index contributed by atoms with van der Waals surface area (Å²) >= 11 is 0. The van der Waals surface area contributed by atoms with Crippen molar-refractivity contribution in [2.24, 2.45) is 16.0 Å². The van der Waals surface area contributed by atoms with Crippen molar-refractivity contribution in [1.82, 2.24) is 15.5 Å². The Balaban J connectivity index is 0.00000392. The number of rotatable bonds is 6. The van der Waals surface area contributed by atoms with Gasteiger partial charge in [-0.25, -0.2) is 18.5 Å². The van der Waals surface area contributed by atoms with E-state index in [1.807, 2.05) is 13.0 Å². The molecule has 1 aliphatic rings. The number of halogens is 1. The molecule has 158 valence electrons. The molecule has 1 amide bonds. The van der Waals surface area contributed by atoms with E-state index in [0.29, 0.717) is 18.9 Å². The van der Waals surface area contributed by atoms with Crippen molar-refractivity contribution in [3.05, 3.63) is 29.8 Å². The average Bonchev–Trinajstić information content (AvgIpc) is 2.65. The topological polar surface area (TPSA) is 117 Å². The van der Waals surface area contributed by atoms with Crippen molar-refractivity contribution in [3.8, 4) is 0 Å². The van der Waals surface area contributed by atoms with E-state index in [2.05, 4.69) is 20.5 Å². The van der Waals surface area contributed by atoms with Crippen LogP contribution >= 0.6 is 24.0 Å². The normalized spacial score (nSPS) is 15.7. The summed E-state index contributed by atoms with van der Waals surface area (Å²) in [4.78, 5) is 18.5. The Morgan fingerprint density at radius 1 is 1.32 bits per heavy atom. The predicted molar refractivity (Wildman–Crippen MR) is 121 cm³/mol. The number of nitrogens with two attached hydrogens (primary N) is 1. The van der Waals surface area contributed by atoms with Gasteiger partial charge in [-0.2, -0.15) is 0 Å². The third-order valence-electron chi connectivity index (χ3n) is 4.64. The predicted octanol–water partition coefficient (Wildman–Crippen LogP) is 1.27. The van der Waals surface area contributed by atoms with Crippen LogP contribution in [0.3, 0.4) is 0 Å². The number of guanidine groups is 1. The lowest BCUT2D eigenvalue weighted by molar-refractivity contribution is -0.121. The maximum atomic E-state index is 11.5. The van der Waals surface area contributed by atoms with Gasteiger partial charge in [0.05, 0.1) is 11.4 Å². The molecule has 1 aliphatic heterocycles. The number of carbonyl (C=O) groups excluding carboxylic acids is 1. The fraction of sp³-hybridized carbons (Fsp3) is 0.556. The first-order chi connectivity index (χ1) is 12.8. The van der Waals surface area contributed by atoms with Gasteiger partial charge < -0.3 is 15.5 Å². The van der Waals surface area contributed by atoms with Gasteiger partial charge in [0.2, 0.25) is 15.9 Å². The van der Waals surface area contributed by atoms with E-state index in [0.717, 1.165) is 44.0 Å². The molecule has 0 spiro atoms. The third-order valence-corrected chi connectivity index (χ3v) is 5.55. The van der Waals surface area contributed by atoms with E-state index in [1.54, 1.807) is 19.2 Å². The van der Waals surface area contributed by atoms with Gasteiger partial charge in [-0.05, 0) is 43.4 Å². The molecule has 1 heterocycles. The van der Waals surface area contributed by atoms with Crippen LogP contribution in [0.5, 0.6) is 0 Å². The molecular formula is C18H30IN5O3S. The van der Waals surface area contributed by atoms with Crippen LogP contribution < -0.4 is 15.8 Å². The van der Waals surface area contributed by atoms with Gasteiger partial charge in [-0.3, -0.25) is 4.79 Å². The molecule has 1 fully saturated rings. The molecule has 1 aromatic carbocycles. The molecule has 8 nitrogen and oxygen atoms in total. The minimum absolute atomic E-state index is 0. The van der Waals surface area contributed by atoms with Crippen LogP contribution in [0, 0.1) is 5.92 Å². The fourth-order valence-corrected chi connectivity index (χ4v) is 3.71.